The first-order valence-corrected chi connectivity index (χ1v) is 8.70. The first-order chi connectivity index (χ1) is 11.4. The Morgan fingerprint density at radius 2 is 1.83 bits per heavy atom. The SMILES string of the molecule is COc1cc([NH+]([O-])S(=O)(=O)c2ccc(C)cc2)c2ncccc2c1. The van der Waals surface area contributed by atoms with Crippen LogP contribution in [0.3, 0.4) is 0 Å². The number of quaternary nitrogens is 1. The molecule has 1 aromatic heterocycles. The number of aryl methyl sites for hydroxylation is 1. The fourth-order valence-corrected chi connectivity index (χ4v) is 3.56. The molecule has 1 heterocycles. The molecule has 2 aromatic carbocycles. The van der Waals surface area contributed by atoms with Crippen LogP contribution in [0.15, 0.2) is 59.6 Å². The highest BCUT2D eigenvalue weighted by molar-refractivity contribution is 7.85. The summed E-state index contributed by atoms with van der Waals surface area (Å²) in [5.41, 5.74) is 1.25. The molecular weight excluding hydrogens is 328 g/mol. The predicted molar refractivity (Wildman–Crippen MR) is 90.6 cm³/mol. The van der Waals surface area contributed by atoms with Crippen molar-refractivity contribution >= 4 is 26.6 Å². The fourth-order valence-electron chi connectivity index (χ4n) is 2.41. The molecule has 0 bridgehead atoms. The Balaban J connectivity index is 2.17. The van der Waals surface area contributed by atoms with Gasteiger partial charge in [-0.1, -0.05) is 23.8 Å². The number of nitrogens with zero attached hydrogens (tertiary/aromatic N) is 1. The monoisotopic (exact) mass is 344 g/mol. The van der Waals surface area contributed by atoms with Gasteiger partial charge in [-0.3, -0.25) is 0 Å². The van der Waals surface area contributed by atoms with Crippen molar-refractivity contribution in [3.63, 3.8) is 0 Å². The molecule has 0 radical (unpaired) electrons. The Labute approximate surface area is 140 Å². The van der Waals surface area contributed by atoms with Gasteiger partial charge in [-0.05, 0) is 31.2 Å². The molecular formula is C17H16N2O4S. The summed E-state index contributed by atoms with van der Waals surface area (Å²) in [6.07, 6.45) is 1.52. The molecule has 0 aliphatic carbocycles. The molecule has 0 fully saturated rings. The molecule has 0 spiro atoms. The van der Waals surface area contributed by atoms with Crippen LogP contribution in [0.5, 0.6) is 5.75 Å². The Morgan fingerprint density at radius 3 is 2.50 bits per heavy atom. The third-order valence-electron chi connectivity index (χ3n) is 3.71. The molecule has 6 nitrogen and oxygen atoms in total. The second kappa shape index (κ2) is 6.20. The molecule has 0 amide bonds. The maximum absolute atomic E-state index is 12.8. The van der Waals surface area contributed by atoms with Crippen LogP contribution in [0.4, 0.5) is 5.69 Å². The minimum atomic E-state index is -4.16. The van der Waals surface area contributed by atoms with E-state index >= 15 is 0 Å². The highest BCUT2D eigenvalue weighted by atomic mass is 32.2. The minimum absolute atomic E-state index is 0.00512. The Bertz CT molecular complexity index is 985. The number of hydrogen-bond acceptors (Lipinski definition) is 5. The molecule has 1 atom stereocenters. The van der Waals surface area contributed by atoms with Crippen molar-refractivity contribution < 1.29 is 17.6 Å². The number of benzene rings is 2. The van der Waals surface area contributed by atoms with Crippen molar-refractivity contribution in [2.75, 3.05) is 7.11 Å². The van der Waals surface area contributed by atoms with E-state index in [9.17, 15) is 13.6 Å². The summed E-state index contributed by atoms with van der Waals surface area (Å²) in [4.78, 5) is 4.12. The van der Waals surface area contributed by atoms with Crippen LogP contribution in [0.2, 0.25) is 0 Å². The van der Waals surface area contributed by atoms with Gasteiger partial charge < -0.3 is 9.94 Å². The van der Waals surface area contributed by atoms with E-state index in [1.165, 1.54) is 31.5 Å². The lowest BCUT2D eigenvalue weighted by Crippen LogP contribution is -3.04. The number of hydrogen-bond donors (Lipinski definition) is 1. The van der Waals surface area contributed by atoms with E-state index in [2.05, 4.69) is 4.98 Å². The molecule has 24 heavy (non-hydrogen) atoms. The van der Waals surface area contributed by atoms with Gasteiger partial charge in [0.1, 0.15) is 16.2 Å². The molecule has 124 valence electrons. The van der Waals surface area contributed by atoms with E-state index in [0.717, 1.165) is 5.56 Å². The van der Waals surface area contributed by atoms with Gasteiger partial charge in [0.05, 0.1) is 7.11 Å². The van der Waals surface area contributed by atoms with E-state index in [-0.39, 0.29) is 10.6 Å². The zero-order valence-corrected chi connectivity index (χ0v) is 14.0. The van der Waals surface area contributed by atoms with E-state index < -0.39 is 14.5 Å². The van der Waals surface area contributed by atoms with Crippen molar-refractivity contribution in [2.24, 2.45) is 0 Å². The minimum Gasteiger partial charge on any atom is -0.612 e. The van der Waals surface area contributed by atoms with E-state index in [0.29, 0.717) is 16.7 Å². The van der Waals surface area contributed by atoms with Gasteiger partial charge in [0, 0.05) is 17.6 Å². The average Bonchev–Trinajstić information content (AvgIpc) is 2.60. The first-order valence-electron chi connectivity index (χ1n) is 7.22. The van der Waals surface area contributed by atoms with Gasteiger partial charge >= 0.3 is 10.0 Å². The lowest BCUT2D eigenvalue weighted by Gasteiger charge is -2.22. The average molecular weight is 344 g/mol. The van der Waals surface area contributed by atoms with Crippen LogP contribution >= 0.6 is 0 Å². The smallest absolute Gasteiger partial charge is 0.330 e. The van der Waals surface area contributed by atoms with Crippen LogP contribution in [-0.2, 0) is 10.0 Å². The number of fused-ring (bicyclic) bond motifs is 1. The molecule has 1 unspecified atom stereocenters. The summed E-state index contributed by atoms with van der Waals surface area (Å²) in [5.74, 6) is 0.401. The van der Waals surface area contributed by atoms with Crippen molar-refractivity contribution in [1.82, 2.24) is 4.98 Å². The number of sulfonamides is 1. The summed E-state index contributed by atoms with van der Waals surface area (Å²) < 4.78 is 29.5. The molecule has 3 rings (SSSR count). The molecule has 0 saturated carbocycles. The Hall–Kier alpha value is -2.48. The normalized spacial score (nSPS) is 13.0. The highest BCUT2D eigenvalue weighted by Crippen LogP contribution is 2.26. The van der Waals surface area contributed by atoms with Crippen molar-refractivity contribution in [3.05, 3.63) is 65.5 Å². The van der Waals surface area contributed by atoms with Crippen LogP contribution in [-0.4, -0.2) is 20.5 Å². The quantitative estimate of drug-likeness (QED) is 0.732. The van der Waals surface area contributed by atoms with Gasteiger partial charge in [0.25, 0.3) is 0 Å². The standard InChI is InChI=1S/C17H16N2O4S/c1-12-5-7-15(8-6-12)24(21,22)19(20)16-11-14(23-2)10-13-4-3-9-18-17(13)16/h3-11,19H,1-2H3. The van der Waals surface area contributed by atoms with Gasteiger partial charge in [-0.2, -0.15) is 8.42 Å². The number of aromatic nitrogens is 1. The van der Waals surface area contributed by atoms with Crippen LogP contribution < -0.4 is 9.21 Å². The number of nitrogens with one attached hydrogen (secondary N) is 1. The van der Waals surface area contributed by atoms with Gasteiger partial charge in [0.2, 0.25) is 0 Å². The topological polar surface area (TPSA) is 83.8 Å². The summed E-state index contributed by atoms with van der Waals surface area (Å²) >= 11 is 0. The maximum atomic E-state index is 12.8. The summed E-state index contributed by atoms with van der Waals surface area (Å²) in [6, 6.07) is 12.7. The lowest BCUT2D eigenvalue weighted by molar-refractivity contribution is -0.623. The van der Waals surface area contributed by atoms with Crippen molar-refractivity contribution in [1.29, 1.82) is 0 Å². The third-order valence-corrected chi connectivity index (χ3v) is 5.31. The number of rotatable bonds is 4. The van der Waals surface area contributed by atoms with Crippen LogP contribution in [0.25, 0.3) is 10.9 Å². The van der Waals surface area contributed by atoms with Gasteiger partial charge in [-0.25, -0.2) is 9.45 Å². The van der Waals surface area contributed by atoms with Gasteiger partial charge in [-0.15, -0.1) is 0 Å². The van der Waals surface area contributed by atoms with E-state index in [1.807, 2.05) is 6.92 Å². The zero-order valence-electron chi connectivity index (χ0n) is 13.2. The third kappa shape index (κ3) is 2.84. The number of ether oxygens (including phenoxy) is 1. The van der Waals surface area contributed by atoms with Crippen molar-refractivity contribution in [2.45, 2.75) is 11.8 Å². The molecule has 7 heteroatoms. The van der Waals surface area contributed by atoms with E-state index in [4.69, 9.17) is 4.74 Å². The molecule has 0 aliphatic rings. The van der Waals surface area contributed by atoms with E-state index in [1.54, 1.807) is 30.3 Å². The second-order valence-corrected chi connectivity index (χ2v) is 7.20. The Morgan fingerprint density at radius 1 is 1.12 bits per heavy atom. The van der Waals surface area contributed by atoms with Crippen LogP contribution in [0, 0.1) is 12.1 Å². The lowest BCUT2D eigenvalue weighted by atomic mass is 10.2. The summed E-state index contributed by atoms with van der Waals surface area (Å²) in [6.45, 7) is 1.84. The summed E-state index contributed by atoms with van der Waals surface area (Å²) in [7, 11) is -2.70. The number of pyridine rings is 1. The highest BCUT2D eigenvalue weighted by Gasteiger charge is 2.26. The maximum Gasteiger partial charge on any atom is 0.330 e. The van der Waals surface area contributed by atoms with Crippen LogP contribution in [0.1, 0.15) is 5.56 Å². The number of methoxy groups -OCH3 is 1. The molecule has 3 aromatic rings. The largest absolute Gasteiger partial charge is 0.612 e. The summed E-state index contributed by atoms with van der Waals surface area (Å²) in [5, 5.41) is 13.4. The van der Waals surface area contributed by atoms with Gasteiger partial charge in [0.15, 0.2) is 5.69 Å². The molecule has 1 N–H and O–H groups in total. The zero-order chi connectivity index (χ0) is 17.3. The molecule has 0 saturated heterocycles. The molecule has 0 aliphatic heterocycles. The fraction of sp³-hybridized carbons (Fsp3) is 0.118. The predicted octanol–water partition coefficient (Wildman–Crippen LogP) is 1.95. The Kier molecular flexibility index (Phi) is 4.23. The second-order valence-electron chi connectivity index (χ2n) is 5.35. The first kappa shape index (κ1) is 16.4. The van der Waals surface area contributed by atoms with Crippen molar-refractivity contribution in [3.8, 4) is 5.75 Å².